The molecule has 1 aromatic heterocycles. The van der Waals surface area contributed by atoms with Crippen molar-refractivity contribution in [2.75, 3.05) is 18.8 Å². The van der Waals surface area contributed by atoms with Crippen molar-refractivity contribution in [2.45, 2.75) is 13.3 Å². The van der Waals surface area contributed by atoms with Gasteiger partial charge in [-0.3, -0.25) is 4.79 Å². The van der Waals surface area contributed by atoms with Gasteiger partial charge in [-0.15, -0.1) is 6.42 Å². The second-order valence-corrected chi connectivity index (χ2v) is 4.44. The molecular weight excluding hydrogens is 238 g/mol. The molecule has 0 aliphatic rings. The zero-order chi connectivity index (χ0) is 13.8. The molecule has 1 heterocycles. The average Bonchev–Trinajstić information content (AvgIpc) is 2.80. The van der Waals surface area contributed by atoms with Crippen LogP contribution in [0, 0.1) is 12.3 Å². The van der Waals surface area contributed by atoms with Crippen LogP contribution in [0.1, 0.15) is 23.7 Å². The third-order valence-corrected chi connectivity index (χ3v) is 3.00. The summed E-state index contributed by atoms with van der Waals surface area (Å²) in [5.74, 6) is 2.47. The minimum Gasteiger partial charge on any atom is -0.399 e. The number of benzene rings is 1. The highest BCUT2D eigenvalue weighted by Crippen LogP contribution is 2.22. The van der Waals surface area contributed by atoms with E-state index in [0.717, 1.165) is 17.3 Å². The molecule has 0 unspecified atom stereocenters. The molecule has 0 saturated heterocycles. The monoisotopic (exact) mass is 255 g/mol. The van der Waals surface area contributed by atoms with E-state index in [9.17, 15) is 4.79 Å². The summed E-state index contributed by atoms with van der Waals surface area (Å²) in [4.78, 5) is 17.2. The van der Waals surface area contributed by atoms with Gasteiger partial charge in [0.1, 0.15) is 0 Å². The highest BCUT2D eigenvalue weighted by molar-refractivity contribution is 6.07. The van der Waals surface area contributed by atoms with Gasteiger partial charge >= 0.3 is 0 Å². The maximum Gasteiger partial charge on any atom is 0.256 e. The lowest BCUT2D eigenvalue weighted by molar-refractivity contribution is 0.0779. The van der Waals surface area contributed by atoms with E-state index in [2.05, 4.69) is 10.9 Å². The summed E-state index contributed by atoms with van der Waals surface area (Å²) in [5.41, 5.74) is 7.93. The van der Waals surface area contributed by atoms with Crippen molar-refractivity contribution < 1.29 is 4.79 Å². The molecule has 2 rings (SSSR count). The van der Waals surface area contributed by atoms with E-state index in [0.29, 0.717) is 24.3 Å². The standard InChI is InChI=1S/C15H17N3O/c1-3-7-18(8-4-2)15(19)13-10-17-14-6-5-11(16)9-12(13)14/h1,5-6,9-10,17H,4,7-8,16H2,2H3. The molecule has 1 amide bonds. The van der Waals surface area contributed by atoms with Gasteiger partial charge in [0.15, 0.2) is 0 Å². The van der Waals surface area contributed by atoms with Crippen LogP contribution in [0.4, 0.5) is 5.69 Å². The van der Waals surface area contributed by atoms with Gasteiger partial charge in [0, 0.05) is 29.3 Å². The van der Waals surface area contributed by atoms with Crippen molar-refractivity contribution >= 4 is 22.5 Å². The SMILES string of the molecule is C#CCN(CCC)C(=O)c1c[nH]c2ccc(N)cc12. The first-order valence-corrected chi connectivity index (χ1v) is 6.26. The second kappa shape index (κ2) is 5.49. The number of rotatable bonds is 4. The van der Waals surface area contributed by atoms with Crippen molar-refractivity contribution in [3.05, 3.63) is 30.0 Å². The van der Waals surface area contributed by atoms with E-state index in [1.807, 2.05) is 13.0 Å². The van der Waals surface area contributed by atoms with Crippen molar-refractivity contribution in [1.29, 1.82) is 0 Å². The first kappa shape index (κ1) is 13.0. The molecule has 19 heavy (non-hydrogen) atoms. The first-order valence-electron chi connectivity index (χ1n) is 6.26. The number of hydrogen-bond acceptors (Lipinski definition) is 2. The van der Waals surface area contributed by atoms with Crippen molar-refractivity contribution in [1.82, 2.24) is 9.88 Å². The number of nitrogens with one attached hydrogen (secondary N) is 1. The maximum atomic E-state index is 12.5. The molecule has 0 bridgehead atoms. The van der Waals surface area contributed by atoms with E-state index in [4.69, 9.17) is 12.2 Å². The van der Waals surface area contributed by atoms with Gasteiger partial charge in [-0.05, 0) is 24.6 Å². The minimum atomic E-state index is -0.0587. The van der Waals surface area contributed by atoms with Crippen LogP contribution in [0.3, 0.4) is 0 Å². The minimum absolute atomic E-state index is 0.0587. The number of nitrogen functional groups attached to an aromatic ring is 1. The summed E-state index contributed by atoms with van der Waals surface area (Å²) in [6.07, 6.45) is 7.90. The molecule has 0 aliphatic heterocycles. The smallest absolute Gasteiger partial charge is 0.256 e. The lowest BCUT2D eigenvalue weighted by Crippen LogP contribution is -2.32. The molecule has 3 N–H and O–H groups in total. The number of terminal acetylenes is 1. The van der Waals surface area contributed by atoms with Crippen LogP contribution in [0.15, 0.2) is 24.4 Å². The predicted molar refractivity (Wildman–Crippen MR) is 77.7 cm³/mol. The Morgan fingerprint density at radius 1 is 1.53 bits per heavy atom. The molecule has 0 radical (unpaired) electrons. The highest BCUT2D eigenvalue weighted by atomic mass is 16.2. The lowest BCUT2D eigenvalue weighted by atomic mass is 10.1. The van der Waals surface area contributed by atoms with Gasteiger partial charge in [0.05, 0.1) is 12.1 Å². The van der Waals surface area contributed by atoms with Crippen LogP contribution in [0.5, 0.6) is 0 Å². The van der Waals surface area contributed by atoms with E-state index < -0.39 is 0 Å². The Balaban J connectivity index is 2.40. The summed E-state index contributed by atoms with van der Waals surface area (Å²) in [5, 5.41) is 0.836. The second-order valence-electron chi connectivity index (χ2n) is 4.44. The van der Waals surface area contributed by atoms with Crippen LogP contribution in [0.2, 0.25) is 0 Å². The summed E-state index contributed by atoms with van der Waals surface area (Å²) < 4.78 is 0. The van der Waals surface area contributed by atoms with Crippen LogP contribution in [-0.2, 0) is 0 Å². The van der Waals surface area contributed by atoms with Crippen LogP contribution in [0.25, 0.3) is 10.9 Å². The molecule has 0 saturated carbocycles. The van der Waals surface area contributed by atoms with Gasteiger partial charge in [0.25, 0.3) is 5.91 Å². The number of amides is 1. The van der Waals surface area contributed by atoms with Crippen molar-refractivity contribution in [3.63, 3.8) is 0 Å². The number of carbonyl (C=O) groups excluding carboxylic acids is 1. The van der Waals surface area contributed by atoms with Gasteiger partial charge in [-0.25, -0.2) is 0 Å². The zero-order valence-electron chi connectivity index (χ0n) is 10.9. The number of carbonyl (C=O) groups is 1. The number of nitrogens with zero attached hydrogens (tertiary/aromatic N) is 1. The van der Waals surface area contributed by atoms with E-state index >= 15 is 0 Å². The fraction of sp³-hybridized carbons (Fsp3) is 0.267. The molecule has 0 spiro atoms. The van der Waals surface area contributed by atoms with Gasteiger partial charge in [-0.2, -0.15) is 0 Å². The Bertz CT molecular complexity index is 636. The number of aromatic amines is 1. The number of fused-ring (bicyclic) bond motifs is 1. The molecule has 1 aromatic carbocycles. The van der Waals surface area contributed by atoms with Crippen molar-refractivity contribution in [3.8, 4) is 12.3 Å². The fourth-order valence-corrected chi connectivity index (χ4v) is 2.12. The van der Waals surface area contributed by atoms with Crippen molar-refractivity contribution in [2.24, 2.45) is 0 Å². The first-order chi connectivity index (χ1) is 9.17. The maximum absolute atomic E-state index is 12.5. The number of aromatic nitrogens is 1. The van der Waals surface area contributed by atoms with E-state index in [1.54, 1.807) is 23.2 Å². The number of H-pyrrole nitrogens is 1. The number of nitrogens with two attached hydrogens (primary N) is 1. The molecule has 98 valence electrons. The topological polar surface area (TPSA) is 62.1 Å². The van der Waals surface area contributed by atoms with Crippen LogP contribution >= 0.6 is 0 Å². The summed E-state index contributed by atoms with van der Waals surface area (Å²) in [7, 11) is 0. The Hall–Kier alpha value is -2.41. The molecule has 0 fully saturated rings. The lowest BCUT2D eigenvalue weighted by Gasteiger charge is -2.18. The van der Waals surface area contributed by atoms with Crippen LogP contribution < -0.4 is 5.73 Å². The average molecular weight is 255 g/mol. The molecule has 4 heteroatoms. The number of anilines is 1. The summed E-state index contributed by atoms with van der Waals surface area (Å²) in [6, 6.07) is 5.48. The zero-order valence-corrected chi connectivity index (χ0v) is 10.9. The Kier molecular flexibility index (Phi) is 3.76. The van der Waals surface area contributed by atoms with Gasteiger partial charge < -0.3 is 15.6 Å². The summed E-state index contributed by atoms with van der Waals surface area (Å²) in [6.45, 7) is 2.99. The third kappa shape index (κ3) is 2.55. The Labute approximate surface area is 112 Å². The third-order valence-electron chi connectivity index (χ3n) is 3.00. The molecule has 0 aliphatic carbocycles. The van der Waals surface area contributed by atoms with Gasteiger partial charge in [-0.1, -0.05) is 12.8 Å². The predicted octanol–water partition coefficient (Wildman–Crippen LogP) is 2.24. The Morgan fingerprint density at radius 2 is 2.32 bits per heavy atom. The van der Waals surface area contributed by atoms with E-state index in [-0.39, 0.29) is 5.91 Å². The quantitative estimate of drug-likeness (QED) is 0.650. The molecular formula is C15H17N3O. The van der Waals surface area contributed by atoms with Crippen LogP contribution in [-0.4, -0.2) is 28.9 Å². The molecule has 2 aromatic rings. The van der Waals surface area contributed by atoms with Gasteiger partial charge in [0.2, 0.25) is 0 Å². The highest BCUT2D eigenvalue weighted by Gasteiger charge is 2.18. The van der Waals surface area contributed by atoms with E-state index in [1.165, 1.54) is 0 Å². The molecule has 4 nitrogen and oxygen atoms in total. The fourth-order valence-electron chi connectivity index (χ4n) is 2.12. The normalized spacial score (nSPS) is 10.3. The Morgan fingerprint density at radius 3 is 3.00 bits per heavy atom. The number of hydrogen-bond donors (Lipinski definition) is 2. The largest absolute Gasteiger partial charge is 0.399 e. The molecule has 0 atom stereocenters. The summed E-state index contributed by atoms with van der Waals surface area (Å²) >= 11 is 0.